The summed E-state index contributed by atoms with van der Waals surface area (Å²) in [5.74, 6) is -0.0639. The molecule has 168 valence electrons. The van der Waals surface area contributed by atoms with Crippen LogP contribution in [-0.2, 0) is 0 Å². The molecule has 0 radical (unpaired) electrons. The first-order chi connectivity index (χ1) is 15.4. The van der Waals surface area contributed by atoms with E-state index >= 15 is 0 Å². The number of nitro groups is 1. The van der Waals surface area contributed by atoms with Crippen LogP contribution in [0.4, 0.5) is 16.2 Å². The van der Waals surface area contributed by atoms with Crippen molar-refractivity contribution in [3.05, 3.63) is 64.0 Å². The lowest BCUT2D eigenvalue weighted by atomic mass is 10.2. The van der Waals surface area contributed by atoms with Gasteiger partial charge in [0.2, 0.25) is 0 Å². The molecular weight excluding hydrogens is 412 g/mol. The molecule has 2 saturated heterocycles. The summed E-state index contributed by atoms with van der Waals surface area (Å²) in [6, 6.07) is 9.87. The Morgan fingerprint density at radius 3 is 2.38 bits per heavy atom. The van der Waals surface area contributed by atoms with E-state index in [0.29, 0.717) is 44.8 Å². The molecule has 2 fully saturated rings. The van der Waals surface area contributed by atoms with Gasteiger partial charge < -0.3 is 20.0 Å². The minimum atomic E-state index is -0.415. The van der Waals surface area contributed by atoms with Gasteiger partial charge in [0.05, 0.1) is 10.5 Å². The third kappa shape index (κ3) is 4.79. The fourth-order valence-electron chi connectivity index (χ4n) is 4.06. The van der Waals surface area contributed by atoms with Crippen molar-refractivity contribution in [1.29, 1.82) is 0 Å². The van der Waals surface area contributed by atoms with Gasteiger partial charge in [-0.2, -0.15) is 0 Å². The predicted molar refractivity (Wildman–Crippen MR) is 119 cm³/mol. The lowest BCUT2D eigenvalue weighted by Gasteiger charge is -2.36. The van der Waals surface area contributed by atoms with Gasteiger partial charge in [-0.25, -0.2) is 4.79 Å². The highest BCUT2D eigenvalue weighted by Crippen LogP contribution is 2.21. The summed E-state index contributed by atoms with van der Waals surface area (Å²) < 4.78 is 0. The lowest BCUT2D eigenvalue weighted by Crippen LogP contribution is -2.54. The van der Waals surface area contributed by atoms with Gasteiger partial charge in [0.25, 0.3) is 11.6 Å². The molecular formula is C22H26N6O4. The van der Waals surface area contributed by atoms with Crippen molar-refractivity contribution in [3.63, 3.8) is 0 Å². The van der Waals surface area contributed by atoms with Crippen molar-refractivity contribution in [3.8, 4) is 0 Å². The van der Waals surface area contributed by atoms with E-state index in [9.17, 15) is 19.7 Å². The number of amides is 3. The third-order valence-corrected chi connectivity index (χ3v) is 5.95. The van der Waals surface area contributed by atoms with Crippen LogP contribution in [-0.4, -0.2) is 77.0 Å². The molecule has 10 heteroatoms. The number of rotatable bonds is 4. The van der Waals surface area contributed by atoms with E-state index in [4.69, 9.17) is 0 Å². The van der Waals surface area contributed by atoms with Crippen LogP contribution in [0.15, 0.2) is 42.6 Å². The molecule has 4 rings (SSSR count). The summed E-state index contributed by atoms with van der Waals surface area (Å²) in [7, 11) is 0. The lowest BCUT2D eigenvalue weighted by molar-refractivity contribution is -0.384. The van der Waals surface area contributed by atoms with Gasteiger partial charge in [0.15, 0.2) is 0 Å². The zero-order chi connectivity index (χ0) is 22.7. The van der Waals surface area contributed by atoms with Gasteiger partial charge in [-0.3, -0.25) is 19.9 Å². The number of pyridine rings is 1. The van der Waals surface area contributed by atoms with Crippen molar-refractivity contribution in [1.82, 2.24) is 20.1 Å². The van der Waals surface area contributed by atoms with E-state index in [2.05, 4.69) is 15.2 Å². The van der Waals surface area contributed by atoms with Crippen molar-refractivity contribution >= 4 is 23.3 Å². The van der Waals surface area contributed by atoms with Gasteiger partial charge in [-0.1, -0.05) is 0 Å². The Labute approximate surface area is 186 Å². The number of nitrogens with zero attached hydrogens (tertiary/aromatic N) is 5. The molecule has 3 amide bonds. The molecule has 2 aliphatic rings. The first-order valence-corrected chi connectivity index (χ1v) is 10.7. The van der Waals surface area contributed by atoms with Crippen molar-refractivity contribution in [2.45, 2.75) is 19.4 Å². The summed E-state index contributed by atoms with van der Waals surface area (Å²) in [5.41, 5.74) is 2.40. The molecule has 1 atom stereocenters. The normalized spacial score (nSPS) is 18.5. The number of aryl methyl sites for hydroxylation is 1. The number of nitrogens with one attached hydrogen (secondary N) is 1. The monoisotopic (exact) mass is 438 g/mol. The molecule has 10 nitrogen and oxygen atoms in total. The van der Waals surface area contributed by atoms with Gasteiger partial charge in [-0.05, 0) is 37.6 Å². The number of urea groups is 1. The molecule has 2 aromatic rings. The highest BCUT2D eigenvalue weighted by Gasteiger charge is 2.30. The number of benzene rings is 1. The summed E-state index contributed by atoms with van der Waals surface area (Å²) in [5, 5.41) is 13.9. The Kier molecular flexibility index (Phi) is 6.20. The molecule has 32 heavy (non-hydrogen) atoms. The zero-order valence-corrected chi connectivity index (χ0v) is 17.9. The molecule has 2 aliphatic heterocycles. The second-order valence-corrected chi connectivity index (χ2v) is 8.12. The van der Waals surface area contributed by atoms with Crippen molar-refractivity contribution < 1.29 is 14.5 Å². The third-order valence-electron chi connectivity index (χ3n) is 5.95. The van der Waals surface area contributed by atoms with Gasteiger partial charge in [-0.15, -0.1) is 0 Å². The predicted octanol–water partition coefficient (Wildman–Crippen LogP) is 2.04. The van der Waals surface area contributed by atoms with Crippen LogP contribution in [0.5, 0.6) is 0 Å². The van der Waals surface area contributed by atoms with Crippen LogP contribution in [0.25, 0.3) is 0 Å². The first-order valence-electron chi connectivity index (χ1n) is 10.7. The highest BCUT2D eigenvalue weighted by atomic mass is 16.6. The standard InChI is InChI=1S/C22H26N6O4/c1-16-2-3-17(14-23-16)21(29)27-9-8-18(15-27)24-22(30)26-12-10-25(11-13-26)19-4-6-20(7-5-19)28(31)32/h2-7,14,18H,8-13,15H2,1H3,(H,24,30). The smallest absolute Gasteiger partial charge is 0.317 e. The molecule has 0 bridgehead atoms. The van der Waals surface area contributed by atoms with Crippen LogP contribution in [0, 0.1) is 17.0 Å². The zero-order valence-electron chi connectivity index (χ0n) is 17.9. The molecule has 0 spiro atoms. The number of non-ortho nitro benzene ring substituents is 1. The molecule has 1 aromatic carbocycles. The Morgan fingerprint density at radius 1 is 1.03 bits per heavy atom. The number of piperazine rings is 1. The van der Waals surface area contributed by atoms with E-state index in [1.54, 1.807) is 34.2 Å². The topological polar surface area (TPSA) is 112 Å². The fraction of sp³-hybridized carbons (Fsp3) is 0.409. The number of likely N-dealkylation sites (tertiary alicyclic amines) is 1. The highest BCUT2D eigenvalue weighted by molar-refractivity contribution is 5.94. The summed E-state index contributed by atoms with van der Waals surface area (Å²) in [6.07, 6.45) is 2.31. The molecule has 3 heterocycles. The second kappa shape index (κ2) is 9.21. The summed E-state index contributed by atoms with van der Waals surface area (Å²) in [4.78, 5) is 45.6. The van der Waals surface area contributed by atoms with Crippen LogP contribution >= 0.6 is 0 Å². The maximum Gasteiger partial charge on any atom is 0.317 e. The number of aromatic nitrogens is 1. The maximum atomic E-state index is 12.7. The van der Waals surface area contributed by atoms with Gasteiger partial charge >= 0.3 is 6.03 Å². The molecule has 1 N–H and O–H groups in total. The Bertz CT molecular complexity index is 986. The van der Waals surface area contributed by atoms with Crippen molar-refractivity contribution in [2.24, 2.45) is 0 Å². The first kappa shape index (κ1) is 21.5. The summed E-state index contributed by atoms with van der Waals surface area (Å²) >= 11 is 0. The van der Waals surface area contributed by atoms with E-state index < -0.39 is 4.92 Å². The van der Waals surface area contributed by atoms with E-state index in [1.165, 1.54) is 12.1 Å². The molecule has 0 saturated carbocycles. The number of carbonyl (C=O) groups is 2. The van der Waals surface area contributed by atoms with Gasteiger partial charge in [0, 0.05) is 75.0 Å². The van der Waals surface area contributed by atoms with Crippen molar-refractivity contribution in [2.75, 3.05) is 44.2 Å². The van der Waals surface area contributed by atoms with E-state index in [-0.39, 0.29) is 23.7 Å². The Hall–Kier alpha value is -3.69. The van der Waals surface area contributed by atoms with Crippen LogP contribution < -0.4 is 10.2 Å². The molecule has 1 unspecified atom stereocenters. The van der Waals surface area contributed by atoms with E-state index in [0.717, 1.165) is 17.8 Å². The maximum absolute atomic E-state index is 12.7. The number of nitro benzene ring substituents is 1. The number of carbonyl (C=O) groups excluding carboxylic acids is 2. The second-order valence-electron chi connectivity index (χ2n) is 8.12. The van der Waals surface area contributed by atoms with Crippen LogP contribution in [0.2, 0.25) is 0 Å². The Balaban J connectivity index is 1.25. The molecule has 0 aliphatic carbocycles. The minimum Gasteiger partial charge on any atom is -0.368 e. The fourth-order valence-corrected chi connectivity index (χ4v) is 4.06. The SMILES string of the molecule is Cc1ccc(C(=O)N2CCC(NC(=O)N3CCN(c4ccc([N+](=O)[O-])cc4)CC3)C2)cn1. The van der Waals surface area contributed by atoms with Gasteiger partial charge in [0.1, 0.15) is 0 Å². The quantitative estimate of drug-likeness (QED) is 0.578. The Morgan fingerprint density at radius 2 is 1.75 bits per heavy atom. The number of hydrogen-bond acceptors (Lipinski definition) is 6. The molecule has 1 aromatic heterocycles. The average molecular weight is 438 g/mol. The van der Waals surface area contributed by atoms with Crippen LogP contribution in [0.3, 0.4) is 0 Å². The minimum absolute atomic E-state index is 0.0639. The average Bonchev–Trinajstić information content (AvgIpc) is 3.27. The summed E-state index contributed by atoms with van der Waals surface area (Å²) in [6.45, 7) is 5.40. The van der Waals surface area contributed by atoms with E-state index in [1.807, 2.05) is 13.0 Å². The van der Waals surface area contributed by atoms with Crippen LogP contribution in [0.1, 0.15) is 22.5 Å². The largest absolute Gasteiger partial charge is 0.368 e. The number of hydrogen-bond donors (Lipinski definition) is 1. The number of anilines is 1.